The number of hydrogen-bond acceptors (Lipinski definition) is 3. The van der Waals surface area contributed by atoms with Gasteiger partial charge in [-0.25, -0.2) is 0 Å². The molecule has 184 valence electrons. The van der Waals surface area contributed by atoms with Crippen molar-refractivity contribution in [2.45, 2.75) is 52.2 Å². The molecule has 0 bridgehead atoms. The van der Waals surface area contributed by atoms with Gasteiger partial charge in [-0.05, 0) is 65.0 Å². The molecule has 35 heavy (non-hydrogen) atoms. The Morgan fingerprint density at radius 2 is 1.54 bits per heavy atom. The van der Waals surface area contributed by atoms with Gasteiger partial charge in [-0.15, -0.1) is 0 Å². The molecule has 3 aromatic carbocycles. The number of benzene rings is 3. The topological polar surface area (TPSA) is 58.6 Å². The summed E-state index contributed by atoms with van der Waals surface area (Å²) >= 11 is 3.54. The van der Waals surface area contributed by atoms with Crippen molar-refractivity contribution >= 4 is 27.7 Å². The van der Waals surface area contributed by atoms with Crippen LogP contribution in [0.2, 0.25) is 0 Å². The monoisotopic (exact) mass is 536 g/mol. The summed E-state index contributed by atoms with van der Waals surface area (Å²) in [6, 6.07) is 24.6. The van der Waals surface area contributed by atoms with Crippen molar-refractivity contribution in [2.24, 2.45) is 0 Å². The Morgan fingerprint density at radius 3 is 2.11 bits per heavy atom. The van der Waals surface area contributed by atoms with Crippen LogP contribution in [0.3, 0.4) is 0 Å². The molecule has 0 aromatic heterocycles. The highest BCUT2D eigenvalue weighted by molar-refractivity contribution is 9.10. The van der Waals surface area contributed by atoms with E-state index in [4.69, 9.17) is 4.74 Å². The fourth-order valence-electron chi connectivity index (χ4n) is 3.82. The Balaban J connectivity index is 1.88. The van der Waals surface area contributed by atoms with Gasteiger partial charge in [0.05, 0.1) is 4.47 Å². The van der Waals surface area contributed by atoms with E-state index in [-0.39, 0.29) is 24.5 Å². The van der Waals surface area contributed by atoms with E-state index in [1.165, 1.54) is 5.56 Å². The van der Waals surface area contributed by atoms with Gasteiger partial charge in [0.25, 0.3) is 5.91 Å². The third-order valence-corrected chi connectivity index (χ3v) is 6.27. The third kappa shape index (κ3) is 7.96. The quantitative estimate of drug-likeness (QED) is 0.349. The van der Waals surface area contributed by atoms with E-state index in [1.54, 1.807) is 4.90 Å². The smallest absolute Gasteiger partial charge is 0.261 e. The molecule has 0 saturated carbocycles. The zero-order valence-corrected chi connectivity index (χ0v) is 22.1. The van der Waals surface area contributed by atoms with Gasteiger partial charge in [0.1, 0.15) is 11.8 Å². The SMILES string of the molecule is CCc1ccc(OCC(=O)N(Cc2ccccc2)[C@@H](Cc2ccccc2)C(=O)NC(C)C)c(Br)c1. The number of halogens is 1. The fourth-order valence-corrected chi connectivity index (χ4v) is 4.36. The second kappa shape index (κ2) is 13.1. The Morgan fingerprint density at radius 1 is 0.914 bits per heavy atom. The first kappa shape index (κ1) is 26.5. The van der Waals surface area contributed by atoms with Crippen LogP contribution in [0, 0.1) is 0 Å². The summed E-state index contributed by atoms with van der Waals surface area (Å²) in [7, 11) is 0. The molecule has 3 rings (SSSR count). The first-order chi connectivity index (χ1) is 16.9. The van der Waals surface area contributed by atoms with Gasteiger partial charge in [0.2, 0.25) is 5.91 Å². The van der Waals surface area contributed by atoms with Gasteiger partial charge in [0.15, 0.2) is 6.61 Å². The normalized spacial score (nSPS) is 11.7. The molecule has 1 atom stereocenters. The predicted molar refractivity (Wildman–Crippen MR) is 143 cm³/mol. The van der Waals surface area contributed by atoms with Crippen LogP contribution in [-0.4, -0.2) is 35.4 Å². The van der Waals surface area contributed by atoms with E-state index in [1.807, 2.05) is 92.7 Å². The van der Waals surface area contributed by atoms with Crippen LogP contribution >= 0.6 is 15.9 Å². The summed E-state index contributed by atoms with van der Waals surface area (Å²) in [6.45, 7) is 6.06. The molecular formula is C29H33BrN2O3. The van der Waals surface area contributed by atoms with Gasteiger partial charge in [-0.2, -0.15) is 0 Å². The molecule has 6 heteroatoms. The number of aryl methyl sites for hydroxylation is 1. The van der Waals surface area contributed by atoms with Crippen molar-refractivity contribution in [1.82, 2.24) is 10.2 Å². The molecule has 0 aliphatic carbocycles. The van der Waals surface area contributed by atoms with E-state index in [0.717, 1.165) is 22.0 Å². The zero-order valence-electron chi connectivity index (χ0n) is 20.5. The highest BCUT2D eigenvalue weighted by atomic mass is 79.9. The second-order valence-electron chi connectivity index (χ2n) is 8.78. The van der Waals surface area contributed by atoms with Crippen molar-refractivity contribution in [2.75, 3.05) is 6.61 Å². The van der Waals surface area contributed by atoms with E-state index < -0.39 is 6.04 Å². The standard InChI is InChI=1S/C29H33BrN2O3/c1-4-22-15-16-27(25(30)17-22)35-20-28(33)32(19-24-13-9-6-10-14-24)26(29(34)31-21(2)3)18-23-11-7-5-8-12-23/h5-17,21,26H,4,18-20H2,1-3H3,(H,31,34)/t26-/m0/s1. The maximum absolute atomic E-state index is 13.6. The molecule has 0 radical (unpaired) electrons. The first-order valence-electron chi connectivity index (χ1n) is 12.0. The number of carbonyl (C=O) groups excluding carboxylic acids is 2. The van der Waals surface area contributed by atoms with E-state index in [0.29, 0.717) is 18.7 Å². The summed E-state index contributed by atoms with van der Waals surface area (Å²) in [4.78, 5) is 28.6. The summed E-state index contributed by atoms with van der Waals surface area (Å²) in [5.74, 6) is 0.170. The van der Waals surface area contributed by atoms with Crippen molar-refractivity contribution in [3.05, 3.63) is 100 Å². The molecule has 0 aliphatic heterocycles. The average Bonchev–Trinajstić information content (AvgIpc) is 2.86. The molecule has 0 spiro atoms. The molecule has 5 nitrogen and oxygen atoms in total. The number of rotatable bonds is 11. The maximum Gasteiger partial charge on any atom is 0.261 e. The van der Waals surface area contributed by atoms with Crippen LogP contribution in [0.5, 0.6) is 5.75 Å². The minimum atomic E-state index is -0.679. The van der Waals surface area contributed by atoms with E-state index in [2.05, 4.69) is 28.2 Å². The van der Waals surface area contributed by atoms with Crippen LogP contribution in [0.25, 0.3) is 0 Å². The minimum absolute atomic E-state index is 0.0428. The number of carbonyl (C=O) groups is 2. The second-order valence-corrected chi connectivity index (χ2v) is 9.64. The molecule has 3 aromatic rings. The largest absolute Gasteiger partial charge is 0.483 e. The molecule has 0 aliphatic rings. The van der Waals surface area contributed by atoms with Crippen LogP contribution in [0.1, 0.15) is 37.5 Å². The average molecular weight is 537 g/mol. The molecule has 0 saturated heterocycles. The van der Waals surface area contributed by atoms with Gasteiger partial charge in [0, 0.05) is 19.0 Å². The Hall–Kier alpha value is -3.12. The number of nitrogens with zero attached hydrogens (tertiary/aromatic N) is 1. The van der Waals surface area contributed by atoms with Gasteiger partial charge >= 0.3 is 0 Å². The van der Waals surface area contributed by atoms with Crippen LogP contribution in [-0.2, 0) is 29.0 Å². The summed E-state index contributed by atoms with van der Waals surface area (Å²) in [6.07, 6.45) is 1.32. The lowest BCUT2D eigenvalue weighted by Crippen LogP contribution is -2.52. The Labute approximate surface area is 216 Å². The van der Waals surface area contributed by atoms with Crippen molar-refractivity contribution in [1.29, 1.82) is 0 Å². The van der Waals surface area contributed by atoms with Gasteiger partial charge in [-0.3, -0.25) is 9.59 Å². The Bertz CT molecular complexity index is 1100. The van der Waals surface area contributed by atoms with Crippen LogP contribution < -0.4 is 10.1 Å². The number of amides is 2. The van der Waals surface area contributed by atoms with Gasteiger partial charge in [-0.1, -0.05) is 73.7 Å². The van der Waals surface area contributed by atoms with Crippen molar-refractivity contribution < 1.29 is 14.3 Å². The molecule has 0 fully saturated rings. The lowest BCUT2D eigenvalue weighted by atomic mass is 10.0. The lowest BCUT2D eigenvalue weighted by Gasteiger charge is -2.32. The summed E-state index contributed by atoms with van der Waals surface area (Å²) in [5, 5.41) is 3.00. The first-order valence-corrected chi connectivity index (χ1v) is 12.8. The highest BCUT2D eigenvalue weighted by Crippen LogP contribution is 2.26. The molecule has 0 heterocycles. The van der Waals surface area contributed by atoms with Crippen LogP contribution in [0.15, 0.2) is 83.3 Å². The number of hydrogen-bond donors (Lipinski definition) is 1. The molecule has 0 unspecified atom stereocenters. The summed E-state index contributed by atoms with van der Waals surface area (Å²) < 4.78 is 6.71. The molecular weight excluding hydrogens is 504 g/mol. The third-order valence-electron chi connectivity index (χ3n) is 5.65. The molecule has 2 amide bonds. The number of ether oxygens (including phenoxy) is 1. The lowest BCUT2D eigenvalue weighted by molar-refractivity contribution is -0.143. The maximum atomic E-state index is 13.6. The van der Waals surface area contributed by atoms with Crippen molar-refractivity contribution in [3.63, 3.8) is 0 Å². The fraction of sp³-hybridized carbons (Fsp3) is 0.310. The predicted octanol–water partition coefficient (Wildman–Crippen LogP) is 5.56. The summed E-state index contributed by atoms with van der Waals surface area (Å²) in [5.41, 5.74) is 3.11. The van der Waals surface area contributed by atoms with Crippen molar-refractivity contribution in [3.8, 4) is 5.75 Å². The van der Waals surface area contributed by atoms with Crippen LogP contribution in [0.4, 0.5) is 0 Å². The highest BCUT2D eigenvalue weighted by Gasteiger charge is 2.31. The van der Waals surface area contributed by atoms with Gasteiger partial charge < -0.3 is 15.0 Å². The minimum Gasteiger partial charge on any atom is -0.483 e. The van der Waals surface area contributed by atoms with E-state index >= 15 is 0 Å². The Kier molecular flexibility index (Phi) is 9.91. The van der Waals surface area contributed by atoms with E-state index in [9.17, 15) is 9.59 Å². The number of nitrogens with one attached hydrogen (secondary N) is 1. The molecule has 1 N–H and O–H groups in total. The zero-order chi connectivity index (χ0) is 25.2.